The Labute approximate surface area is 175 Å². The topological polar surface area (TPSA) is 61.4 Å². The number of benzene rings is 2. The molecule has 0 unspecified atom stereocenters. The summed E-state index contributed by atoms with van der Waals surface area (Å²) in [5, 5.41) is 5.48. The second-order valence-electron chi connectivity index (χ2n) is 7.51. The lowest BCUT2D eigenvalue weighted by Crippen LogP contribution is -2.28. The number of carbonyl (C=O) groups is 2. The van der Waals surface area contributed by atoms with Crippen molar-refractivity contribution in [1.82, 2.24) is 15.5 Å². The molecular formula is C23H27F2N3O2. The van der Waals surface area contributed by atoms with Crippen LogP contribution < -0.4 is 10.6 Å². The Balaban J connectivity index is 1.38. The van der Waals surface area contributed by atoms with Gasteiger partial charge in [-0.15, -0.1) is 0 Å². The number of nitrogens with one attached hydrogen (secondary N) is 2. The number of hydrogen-bond donors (Lipinski definition) is 2. The molecule has 1 aliphatic rings. The molecule has 30 heavy (non-hydrogen) atoms. The van der Waals surface area contributed by atoms with Gasteiger partial charge in [-0.1, -0.05) is 24.3 Å². The molecule has 2 aromatic carbocycles. The lowest BCUT2D eigenvalue weighted by atomic mass is 10.1. The monoisotopic (exact) mass is 415 g/mol. The molecule has 3 rings (SSSR count). The molecule has 0 spiro atoms. The third-order valence-electron chi connectivity index (χ3n) is 5.23. The highest BCUT2D eigenvalue weighted by atomic mass is 19.1. The number of halogens is 2. The van der Waals surface area contributed by atoms with Gasteiger partial charge in [0.15, 0.2) is 0 Å². The second kappa shape index (κ2) is 10.8. The van der Waals surface area contributed by atoms with Crippen molar-refractivity contribution in [2.75, 3.05) is 19.6 Å². The largest absolute Gasteiger partial charge is 0.352 e. The van der Waals surface area contributed by atoms with E-state index < -0.39 is 17.5 Å². The summed E-state index contributed by atoms with van der Waals surface area (Å²) < 4.78 is 26.5. The highest BCUT2D eigenvalue weighted by Crippen LogP contribution is 2.16. The minimum Gasteiger partial charge on any atom is -0.352 e. The Kier molecular flexibility index (Phi) is 7.90. The average Bonchev–Trinajstić information content (AvgIpc) is 3.23. The van der Waals surface area contributed by atoms with E-state index in [4.69, 9.17) is 0 Å². The van der Waals surface area contributed by atoms with Gasteiger partial charge in [0.1, 0.15) is 11.6 Å². The summed E-state index contributed by atoms with van der Waals surface area (Å²) >= 11 is 0. The first-order valence-corrected chi connectivity index (χ1v) is 10.3. The van der Waals surface area contributed by atoms with Gasteiger partial charge in [0.05, 0.1) is 5.56 Å². The fraction of sp³-hybridized carbons (Fsp3) is 0.391. The molecule has 0 bridgehead atoms. The van der Waals surface area contributed by atoms with Crippen molar-refractivity contribution in [3.63, 3.8) is 0 Å². The van der Waals surface area contributed by atoms with Crippen LogP contribution in [0.15, 0.2) is 42.5 Å². The Morgan fingerprint density at radius 3 is 2.43 bits per heavy atom. The predicted octanol–water partition coefficient (Wildman–Crippen LogP) is 3.39. The quantitative estimate of drug-likeness (QED) is 0.618. The Morgan fingerprint density at radius 2 is 1.70 bits per heavy atom. The van der Waals surface area contributed by atoms with Gasteiger partial charge in [0.25, 0.3) is 5.91 Å². The van der Waals surface area contributed by atoms with E-state index in [9.17, 15) is 18.4 Å². The Hall–Kier alpha value is -2.80. The molecule has 0 aliphatic carbocycles. The molecule has 1 heterocycles. The van der Waals surface area contributed by atoms with E-state index in [1.807, 2.05) is 18.2 Å². The molecule has 2 amide bonds. The lowest BCUT2D eigenvalue weighted by Gasteiger charge is -2.17. The van der Waals surface area contributed by atoms with Crippen molar-refractivity contribution in [1.29, 1.82) is 0 Å². The molecule has 7 heteroatoms. The third kappa shape index (κ3) is 6.35. The summed E-state index contributed by atoms with van der Waals surface area (Å²) in [6.07, 6.45) is 3.16. The summed E-state index contributed by atoms with van der Waals surface area (Å²) in [5.74, 6) is -2.36. The first-order valence-electron chi connectivity index (χ1n) is 10.3. The van der Waals surface area contributed by atoms with Crippen molar-refractivity contribution in [2.45, 2.75) is 38.8 Å². The van der Waals surface area contributed by atoms with E-state index in [1.165, 1.54) is 18.4 Å². The van der Waals surface area contributed by atoms with Crippen LogP contribution in [-0.2, 0) is 17.9 Å². The summed E-state index contributed by atoms with van der Waals surface area (Å²) in [6, 6.07) is 10.9. The van der Waals surface area contributed by atoms with Crippen LogP contribution >= 0.6 is 0 Å². The highest BCUT2D eigenvalue weighted by Gasteiger charge is 2.14. The van der Waals surface area contributed by atoms with Crippen molar-refractivity contribution in [2.24, 2.45) is 0 Å². The van der Waals surface area contributed by atoms with E-state index in [2.05, 4.69) is 21.6 Å². The Bertz CT molecular complexity index is 883. The van der Waals surface area contributed by atoms with Crippen LogP contribution in [0.1, 0.15) is 47.2 Å². The van der Waals surface area contributed by atoms with E-state index in [0.717, 1.165) is 37.3 Å². The van der Waals surface area contributed by atoms with E-state index in [1.54, 1.807) is 0 Å². The van der Waals surface area contributed by atoms with Gasteiger partial charge in [0, 0.05) is 32.1 Å². The molecule has 1 fully saturated rings. The van der Waals surface area contributed by atoms with Crippen molar-refractivity contribution in [3.05, 3.63) is 70.8 Å². The lowest BCUT2D eigenvalue weighted by molar-refractivity contribution is -0.121. The van der Waals surface area contributed by atoms with Crippen LogP contribution in [-0.4, -0.2) is 36.3 Å². The first-order chi connectivity index (χ1) is 14.5. The van der Waals surface area contributed by atoms with E-state index >= 15 is 0 Å². The summed E-state index contributed by atoms with van der Waals surface area (Å²) in [7, 11) is 0. The van der Waals surface area contributed by atoms with E-state index in [-0.39, 0.29) is 24.4 Å². The summed E-state index contributed by atoms with van der Waals surface area (Å²) in [5.41, 5.74) is 2.13. The second-order valence-corrected chi connectivity index (χ2v) is 7.51. The zero-order chi connectivity index (χ0) is 21.3. The van der Waals surface area contributed by atoms with Crippen LogP contribution in [0.3, 0.4) is 0 Å². The van der Waals surface area contributed by atoms with Crippen LogP contribution in [0.5, 0.6) is 0 Å². The number of hydrogen-bond acceptors (Lipinski definition) is 3. The van der Waals surface area contributed by atoms with Crippen LogP contribution in [0.2, 0.25) is 0 Å². The molecule has 2 aromatic rings. The average molecular weight is 415 g/mol. The normalized spacial score (nSPS) is 13.9. The van der Waals surface area contributed by atoms with Crippen LogP contribution in [0, 0.1) is 11.6 Å². The number of nitrogens with zero attached hydrogens (tertiary/aromatic N) is 1. The van der Waals surface area contributed by atoms with Gasteiger partial charge in [-0.25, -0.2) is 8.78 Å². The maximum absolute atomic E-state index is 13.6. The van der Waals surface area contributed by atoms with Gasteiger partial charge in [-0.2, -0.15) is 0 Å². The Morgan fingerprint density at radius 1 is 0.967 bits per heavy atom. The molecule has 5 nitrogen and oxygen atoms in total. The smallest absolute Gasteiger partial charge is 0.254 e. The third-order valence-corrected chi connectivity index (χ3v) is 5.23. The van der Waals surface area contributed by atoms with Crippen molar-refractivity contribution < 1.29 is 18.4 Å². The van der Waals surface area contributed by atoms with Gasteiger partial charge >= 0.3 is 0 Å². The van der Waals surface area contributed by atoms with Crippen molar-refractivity contribution in [3.8, 4) is 0 Å². The molecular weight excluding hydrogens is 388 g/mol. The molecule has 2 N–H and O–H groups in total. The highest BCUT2D eigenvalue weighted by molar-refractivity contribution is 5.94. The zero-order valence-corrected chi connectivity index (χ0v) is 16.9. The zero-order valence-electron chi connectivity index (χ0n) is 16.9. The minimum absolute atomic E-state index is 0.104. The van der Waals surface area contributed by atoms with Gasteiger partial charge < -0.3 is 10.6 Å². The van der Waals surface area contributed by atoms with Gasteiger partial charge in [-0.3, -0.25) is 14.5 Å². The fourth-order valence-corrected chi connectivity index (χ4v) is 3.57. The SMILES string of the molecule is O=C(CCCNC(=O)c1ccc(F)cc1F)NCc1ccccc1CN1CCCC1. The van der Waals surface area contributed by atoms with Crippen molar-refractivity contribution >= 4 is 11.8 Å². The molecule has 1 saturated heterocycles. The predicted molar refractivity (Wildman–Crippen MR) is 111 cm³/mol. The molecule has 1 aliphatic heterocycles. The summed E-state index contributed by atoms with van der Waals surface area (Å²) in [4.78, 5) is 26.5. The number of carbonyl (C=O) groups excluding carboxylic acids is 2. The number of amides is 2. The van der Waals surface area contributed by atoms with Crippen LogP contribution in [0.4, 0.5) is 8.78 Å². The maximum atomic E-state index is 13.6. The van der Waals surface area contributed by atoms with E-state index in [0.29, 0.717) is 19.0 Å². The number of likely N-dealkylation sites (tertiary alicyclic amines) is 1. The number of rotatable bonds is 9. The maximum Gasteiger partial charge on any atom is 0.254 e. The standard InChI is InChI=1S/C23H27F2N3O2/c24-19-9-10-20(21(25)14-19)23(30)26-11-5-8-22(29)27-15-17-6-1-2-7-18(17)16-28-12-3-4-13-28/h1-2,6-7,9-10,14H,3-5,8,11-13,15-16H2,(H,26,30)(H,27,29). The summed E-state index contributed by atoms with van der Waals surface area (Å²) in [6.45, 7) is 3.84. The molecule has 0 radical (unpaired) electrons. The molecule has 0 atom stereocenters. The molecule has 160 valence electrons. The van der Waals surface area contributed by atoms with Gasteiger partial charge in [0.2, 0.25) is 5.91 Å². The van der Waals surface area contributed by atoms with Gasteiger partial charge in [-0.05, 0) is 55.6 Å². The molecule has 0 aromatic heterocycles. The van der Waals surface area contributed by atoms with Crippen LogP contribution in [0.25, 0.3) is 0 Å². The minimum atomic E-state index is -0.905. The molecule has 0 saturated carbocycles. The fourth-order valence-electron chi connectivity index (χ4n) is 3.57. The first kappa shape index (κ1) is 21.9.